The highest BCUT2D eigenvalue weighted by Gasteiger charge is 2.28. The van der Waals surface area contributed by atoms with E-state index in [1.807, 2.05) is 24.8 Å². The topological polar surface area (TPSA) is 29.3 Å². The second-order valence-electron chi connectivity index (χ2n) is 6.15. The Labute approximate surface area is 125 Å². The monoisotopic (exact) mass is 296 g/mol. The lowest BCUT2D eigenvalue weighted by Crippen LogP contribution is -2.36. The van der Waals surface area contributed by atoms with Crippen LogP contribution in [0.1, 0.15) is 37.4 Å². The first-order valence-electron chi connectivity index (χ1n) is 7.27. The van der Waals surface area contributed by atoms with Crippen molar-refractivity contribution < 1.29 is 4.39 Å². The molecule has 1 fully saturated rings. The van der Waals surface area contributed by atoms with Gasteiger partial charge in [0.25, 0.3) is 0 Å². The normalized spacial score (nSPS) is 21.4. The summed E-state index contributed by atoms with van der Waals surface area (Å²) in [6.07, 6.45) is 1.16. The minimum Gasteiger partial charge on any atom is -0.329 e. The van der Waals surface area contributed by atoms with Crippen LogP contribution in [0.25, 0.3) is 0 Å². The van der Waals surface area contributed by atoms with Crippen LogP contribution in [0, 0.1) is 12.7 Å². The number of halogens is 1. The molecule has 1 saturated heterocycles. The van der Waals surface area contributed by atoms with Gasteiger partial charge >= 0.3 is 0 Å². The third kappa shape index (κ3) is 3.74. The first-order valence-corrected chi connectivity index (χ1v) is 8.25. The molecular weight excluding hydrogens is 271 g/mol. The van der Waals surface area contributed by atoms with E-state index in [-0.39, 0.29) is 11.9 Å². The molecule has 20 heavy (non-hydrogen) atoms. The molecule has 0 aromatic heterocycles. The maximum Gasteiger partial charge on any atom is 0.123 e. The van der Waals surface area contributed by atoms with Crippen LogP contribution in [-0.2, 0) is 0 Å². The Kier molecular flexibility index (Phi) is 5.10. The van der Waals surface area contributed by atoms with Crippen LogP contribution in [0.15, 0.2) is 18.2 Å². The highest BCUT2D eigenvalue weighted by molar-refractivity contribution is 8.00. The van der Waals surface area contributed by atoms with E-state index in [0.29, 0.717) is 11.3 Å². The molecule has 2 N–H and O–H groups in total. The van der Waals surface area contributed by atoms with E-state index in [0.717, 1.165) is 30.8 Å². The van der Waals surface area contributed by atoms with Gasteiger partial charge in [0, 0.05) is 36.2 Å². The molecule has 0 radical (unpaired) electrons. The molecule has 1 aromatic carbocycles. The zero-order valence-electron chi connectivity index (χ0n) is 12.7. The van der Waals surface area contributed by atoms with Crippen molar-refractivity contribution in [2.24, 2.45) is 5.73 Å². The average Bonchev–Trinajstić information content (AvgIpc) is 2.54. The number of nitrogens with zero attached hydrogens (tertiary/aromatic N) is 1. The molecule has 0 saturated carbocycles. The number of aryl methyl sites for hydroxylation is 1. The standard InChI is InChI=1S/C16H25FN2S/c1-12-10-13(17)4-5-14(12)15(11-18)19-7-6-16(2,3)20-9-8-19/h4-5,10,15H,6-9,11,18H2,1-3H3. The van der Waals surface area contributed by atoms with Gasteiger partial charge < -0.3 is 5.73 Å². The molecule has 2 nitrogen and oxygen atoms in total. The number of thioether (sulfide) groups is 1. The summed E-state index contributed by atoms with van der Waals surface area (Å²) in [7, 11) is 0. The summed E-state index contributed by atoms with van der Waals surface area (Å²) in [6, 6.07) is 5.24. The summed E-state index contributed by atoms with van der Waals surface area (Å²) < 4.78 is 13.6. The van der Waals surface area contributed by atoms with E-state index in [1.54, 1.807) is 12.1 Å². The second-order valence-corrected chi connectivity index (χ2v) is 7.95. The minimum absolute atomic E-state index is 0.172. The summed E-state index contributed by atoms with van der Waals surface area (Å²) in [5.41, 5.74) is 8.18. The van der Waals surface area contributed by atoms with Crippen molar-refractivity contribution in [3.8, 4) is 0 Å². The largest absolute Gasteiger partial charge is 0.329 e. The average molecular weight is 296 g/mol. The molecule has 1 heterocycles. The molecule has 4 heteroatoms. The van der Waals surface area contributed by atoms with Gasteiger partial charge in [-0.25, -0.2) is 4.39 Å². The van der Waals surface area contributed by atoms with Crippen LogP contribution in [0.3, 0.4) is 0 Å². The number of nitrogens with two attached hydrogens (primary N) is 1. The molecule has 0 spiro atoms. The van der Waals surface area contributed by atoms with Gasteiger partial charge in [-0.15, -0.1) is 0 Å². The van der Waals surface area contributed by atoms with Crippen molar-refractivity contribution in [2.45, 2.75) is 38.0 Å². The third-order valence-corrected chi connectivity index (χ3v) is 5.50. The van der Waals surface area contributed by atoms with Gasteiger partial charge in [-0.2, -0.15) is 11.8 Å². The van der Waals surface area contributed by atoms with Gasteiger partial charge in [-0.05, 0) is 36.6 Å². The lowest BCUT2D eigenvalue weighted by molar-refractivity contribution is 0.210. The van der Waals surface area contributed by atoms with Crippen LogP contribution >= 0.6 is 11.8 Å². The second kappa shape index (κ2) is 6.46. The van der Waals surface area contributed by atoms with Crippen LogP contribution in [-0.4, -0.2) is 35.0 Å². The molecule has 1 atom stereocenters. The van der Waals surface area contributed by atoms with E-state index >= 15 is 0 Å². The number of benzene rings is 1. The van der Waals surface area contributed by atoms with Gasteiger partial charge in [0.2, 0.25) is 0 Å². The van der Waals surface area contributed by atoms with Crippen molar-refractivity contribution in [2.75, 3.05) is 25.4 Å². The van der Waals surface area contributed by atoms with Gasteiger partial charge in [0.05, 0.1) is 0 Å². The molecule has 1 aliphatic rings. The van der Waals surface area contributed by atoms with Crippen molar-refractivity contribution in [3.05, 3.63) is 35.1 Å². The van der Waals surface area contributed by atoms with E-state index in [2.05, 4.69) is 18.7 Å². The fourth-order valence-electron chi connectivity index (χ4n) is 2.83. The van der Waals surface area contributed by atoms with Crippen LogP contribution < -0.4 is 5.73 Å². The Hall–Kier alpha value is -0.580. The summed E-state index contributed by atoms with van der Waals surface area (Å²) in [5, 5.41) is 0. The van der Waals surface area contributed by atoms with E-state index < -0.39 is 0 Å². The van der Waals surface area contributed by atoms with Crippen molar-refractivity contribution in [1.29, 1.82) is 0 Å². The van der Waals surface area contributed by atoms with Crippen LogP contribution in [0.5, 0.6) is 0 Å². The SMILES string of the molecule is Cc1cc(F)ccc1C(CN)N1CCSC(C)(C)CC1. The Morgan fingerprint density at radius 2 is 2.15 bits per heavy atom. The van der Waals surface area contributed by atoms with E-state index in [4.69, 9.17) is 5.73 Å². The molecule has 1 aliphatic heterocycles. The molecule has 0 aliphatic carbocycles. The molecule has 1 aromatic rings. The summed E-state index contributed by atoms with van der Waals surface area (Å²) >= 11 is 2.03. The predicted octanol–water partition coefficient (Wildman–Crippen LogP) is 3.35. The smallest absolute Gasteiger partial charge is 0.123 e. The molecule has 1 unspecified atom stereocenters. The lowest BCUT2D eigenvalue weighted by atomic mass is 9.99. The van der Waals surface area contributed by atoms with Crippen molar-refractivity contribution in [1.82, 2.24) is 4.90 Å². The fourth-order valence-corrected chi connectivity index (χ4v) is 3.95. The van der Waals surface area contributed by atoms with Gasteiger partial charge in [0.15, 0.2) is 0 Å². The number of hydrogen-bond donors (Lipinski definition) is 1. The molecule has 112 valence electrons. The van der Waals surface area contributed by atoms with Crippen molar-refractivity contribution >= 4 is 11.8 Å². The minimum atomic E-state index is -0.172. The lowest BCUT2D eigenvalue weighted by Gasteiger charge is -2.31. The maximum absolute atomic E-state index is 13.3. The first-order chi connectivity index (χ1) is 9.43. The van der Waals surface area contributed by atoms with Crippen LogP contribution in [0.2, 0.25) is 0 Å². The van der Waals surface area contributed by atoms with E-state index in [1.165, 1.54) is 5.56 Å². The molecular formula is C16H25FN2S. The summed E-state index contributed by atoms with van der Waals surface area (Å²) in [5.74, 6) is 0.957. The number of hydrogen-bond acceptors (Lipinski definition) is 3. The Morgan fingerprint density at radius 3 is 2.80 bits per heavy atom. The zero-order chi connectivity index (χ0) is 14.8. The quantitative estimate of drug-likeness (QED) is 0.927. The fraction of sp³-hybridized carbons (Fsp3) is 0.625. The molecule has 0 amide bonds. The first kappa shape index (κ1) is 15.8. The Bertz CT molecular complexity index is 462. The van der Waals surface area contributed by atoms with Gasteiger partial charge in [-0.3, -0.25) is 4.90 Å². The maximum atomic E-state index is 13.3. The highest BCUT2D eigenvalue weighted by atomic mass is 32.2. The van der Waals surface area contributed by atoms with Gasteiger partial charge in [-0.1, -0.05) is 19.9 Å². The summed E-state index contributed by atoms with van der Waals surface area (Å²) in [6.45, 7) is 9.27. The van der Waals surface area contributed by atoms with Gasteiger partial charge in [0.1, 0.15) is 5.82 Å². The van der Waals surface area contributed by atoms with Crippen molar-refractivity contribution in [3.63, 3.8) is 0 Å². The third-order valence-electron chi connectivity index (χ3n) is 4.13. The summed E-state index contributed by atoms with van der Waals surface area (Å²) in [4.78, 5) is 2.46. The number of rotatable bonds is 3. The van der Waals surface area contributed by atoms with Crippen LogP contribution in [0.4, 0.5) is 4.39 Å². The highest BCUT2D eigenvalue weighted by Crippen LogP contribution is 2.34. The Balaban J connectivity index is 2.19. The molecule has 0 bridgehead atoms. The van der Waals surface area contributed by atoms with E-state index in [9.17, 15) is 4.39 Å². The zero-order valence-corrected chi connectivity index (χ0v) is 13.5. The molecule has 2 rings (SSSR count). The Morgan fingerprint density at radius 1 is 1.40 bits per heavy atom. The predicted molar refractivity (Wildman–Crippen MR) is 85.7 cm³/mol.